The molecule has 0 aromatic heterocycles. The molecule has 2 rings (SSSR count). The van der Waals surface area contributed by atoms with Crippen molar-refractivity contribution < 1.29 is 9.59 Å². The highest BCUT2D eigenvalue weighted by Gasteiger charge is 2.13. The van der Waals surface area contributed by atoms with Crippen LogP contribution in [0.2, 0.25) is 0 Å². The summed E-state index contributed by atoms with van der Waals surface area (Å²) in [6.07, 6.45) is 5.05. The van der Waals surface area contributed by atoms with Crippen LogP contribution in [-0.2, 0) is 17.6 Å². The molecule has 96 valence electrons. The number of rotatable bonds is 4. The van der Waals surface area contributed by atoms with Crippen molar-refractivity contribution in [1.82, 2.24) is 5.32 Å². The van der Waals surface area contributed by atoms with E-state index in [4.69, 9.17) is 0 Å². The summed E-state index contributed by atoms with van der Waals surface area (Å²) in [5, 5.41) is 2.62. The Morgan fingerprint density at radius 1 is 1.17 bits per heavy atom. The summed E-state index contributed by atoms with van der Waals surface area (Å²) < 4.78 is 0. The smallest absolute Gasteiger partial charge is 0.220 e. The third-order valence-electron chi connectivity index (χ3n) is 3.44. The maximum Gasteiger partial charge on any atom is 0.220 e. The molecule has 0 atom stereocenters. The average molecular weight is 245 g/mol. The van der Waals surface area contributed by atoms with Crippen molar-refractivity contribution in [2.75, 3.05) is 6.54 Å². The minimum absolute atomic E-state index is 0.00910. The maximum absolute atomic E-state index is 11.9. The number of Topliss-reactive ketones (excluding diaryl/α,β-unsaturated/α-hetero) is 1. The molecule has 0 spiro atoms. The van der Waals surface area contributed by atoms with Crippen molar-refractivity contribution >= 4 is 11.7 Å². The van der Waals surface area contributed by atoms with Crippen LogP contribution in [0.15, 0.2) is 18.2 Å². The molecular weight excluding hydrogens is 226 g/mol. The lowest BCUT2D eigenvalue weighted by Crippen LogP contribution is -2.28. The first-order chi connectivity index (χ1) is 8.70. The fraction of sp³-hybridized carbons (Fsp3) is 0.467. The normalized spacial score (nSPS) is 13.8. The first-order valence-corrected chi connectivity index (χ1v) is 6.62. The van der Waals surface area contributed by atoms with E-state index < -0.39 is 0 Å². The monoisotopic (exact) mass is 245 g/mol. The molecule has 0 unspecified atom stereocenters. The molecular formula is C15H19NO2. The van der Waals surface area contributed by atoms with E-state index in [0.717, 1.165) is 12.8 Å². The van der Waals surface area contributed by atoms with Gasteiger partial charge in [0.25, 0.3) is 0 Å². The SMILES string of the molecule is CCC(=O)NCC(=O)c1ccc2c(c1)CCCC2. The molecule has 0 radical (unpaired) electrons. The number of hydrogen-bond acceptors (Lipinski definition) is 2. The molecule has 1 N–H and O–H groups in total. The summed E-state index contributed by atoms with van der Waals surface area (Å²) in [6, 6.07) is 5.93. The van der Waals surface area contributed by atoms with Gasteiger partial charge in [-0.3, -0.25) is 9.59 Å². The second-order valence-electron chi connectivity index (χ2n) is 4.74. The maximum atomic E-state index is 11.9. The van der Waals surface area contributed by atoms with Gasteiger partial charge < -0.3 is 5.32 Å². The van der Waals surface area contributed by atoms with E-state index in [9.17, 15) is 9.59 Å². The number of ketones is 1. The van der Waals surface area contributed by atoms with Crippen molar-refractivity contribution in [2.45, 2.75) is 39.0 Å². The number of aryl methyl sites for hydroxylation is 2. The van der Waals surface area contributed by atoms with Gasteiger partial charge in [-0.25, -0.2) is 0 Å². The Hall–Kier alpha value is -1.64. The molecule has 3 heteroatoms. The van der Waals surface area contributed by atoms with E-state index in [0.29, 0.717) is 12.0 Å². The number of hydrogen-bond donors (Lipinski definition) is 1. The third kappa shape index (κ3) is 2.97. The lowest BCUT2D eigenvalue weighted by molar-refractivity contribution is -0.120. The molecule has 0 heterocycles. The number of carbonyl (C=O) groups is 2. The fourth-order valence-corrected chi connectivity index (χ4v) is 2.31. The van der Waals surface area contributed by atoms with Crippen LogP contribution in [0.5, 0.6) is 0 Å². The van der Waals surface area contributed by atoms with Crippen LogP contribution in [0.25, 0.3) is 0 Å². The molecule has 0 saturated heterocycles. The fourth-order valence-electron chi connectivity index (χ4n) is 2.31. The van der Waals surface area contributed by atoms with Crippen LogP contribution in [0.1, 0.15) is 47.7 Å². The Kier molecular flexibility index (Phi) is 4.13. The molecule has 3 nitrogen and oxygen atoms in total. The molecule has 1 aliphatic rings. The van der Waals surface area contributed by atoms with Gasteiger partial charge in [0.15, 0.2) is 5.78 Å². The number of fused-ring (bicyclic) bond motifs is 1. The van der Waals surface area contributed by atoms with Gasteiger partial charge in [0.05, 0.1) is 6.54 Å². The highest BCUT2D eigenvalue weighted by Crippen LogP contribution is 2.22. The summed E-state index contributed by atoms with van der Waals surface area (Å²) in [5.41, 5.74) is 3.39. The summed E-state index contributed by atoms with van der Waals surface area (Å²) in [6.45, 7) is 1.88. The average Bonchev–Trinajstić information content (AvgIpc) is 2.43. The number of carbonyl (C=O) groups excluding carboxylic acids is 2. The zero-order valence-electron chi connectivity index (χ0n) is 10.8. The molecule has 1 aliphatic carbocycles. The predicted octanol–water partition coefficient (Wildman–Crippen LogP) is 2.27. The van der Waals surface area contributed by atoms with Gasteiger partial charge in [-0.1, -0.05) is 19.1 Å². The Bertz CT molecular complexity index is 466. The van der Waals surface area contributed by atoms with Gasteiger partial charge >= 0.3 is 0 Å². The van der Waals surface area contributed by atoms with Crippen molar-refractivity contribution in [2.24, 2.45) is 0 Å². The molecule has 1 aromatic carbocycles. The van der Waals surface area contributed by atoms with Crippen LogP contribution in [0, 0.1) is 0 Å². The van der Waals surface area contributed by atoms with E-state index in [1.807, 2.05) is 12.1 Å². The topological polar surface area (TPSA) is 46.2 Å². The number of nitrogens with one attached hydrogen (secondary N) is 1. The van der Waals surface area contributed by atoms with Gasteiger partial charge in [-0.05, 0) is 42.9 Å². The van der Waals surface area contributed by atoms with Crippen molar-refractivity contribution in [3.05, 3.63) is 34.9 Å². The van der Waals surface area contributed by atoms with Gasteiger partial charge in [-0.15, -0.1) is 0 Å². The van der Waals surface area contributed by atoms with E-state index in [1.165, 1.54) is 24.0 Å². The molecule has 0 saturated carbocycles. The summed E-state index contributed by atoms with van der Waals surface area (Å²) in [7, 11) is 0. The summed E-state index contributed by atoms with van der Waals surface area (Å²) in [5.74, 6) is -0.0912. The highest BCUT2D eigenvalue weighted by atomic mass is 16.2. The van der Waals surface area contributed by atoms with Crippen LogP contribution in [0.4, 0.5) is 0 Å². The van der Waals surface area contributed by atoms with Crippen molar-refractivity contribution in [1.29, 1.82) is 0 Å². The highest BCUT2D eigenvalue weighted by molar-refractivity contribution is 5.99. The van der Waals surface area contributed by atoms with Gasteiger partial charge in [0.2, 0.25) is 5.91 Å². The number of benzene rings is 1. The zero-order chi connectivity index (χ0) is 13.0. The molecule has 18 heavy (non-hydrogen) atoms. The molecule has 0 aliphatic heterocycles. The molecule has 1 aromatic rings. The molecule has 1 amide bonds. The standard InChI is InChI=1S/C15H19NO2/c1-2-15(18)16-10-14(17)13-8-7-11-5-3-4-6-12(11)9-13/h7-9H,2-6,10H2,1H3,(H,16,18). The van der Waals surface area contributed by atoms with E-state index in [2.05, 4.69) is 11.4 Å². The second kappa shape index (κ2) is 5.80. The Morgan fingerprint density at radius 3 is 2.61 bits per heavy atom. The molecule has 0 fully saturated rings. The minimum Gasteiger partial charge on any atom is -0.349 e. The van der Waals surface area contributed by atoms with Crippen molar-refractivity contribution in [3.63, 3.8) is 0 Å². The second-order valence-corrected chi connectivity index (χ2v) is 4.74. The van der Waals surface area contributed by atoms with Crippen molar-refractivity contribution in [3.8, 4) is 0 Å². The zero-order valence-corrected chi connectivity index (χ0v) is 10.8. The Labute approximate surface area is 108 Å². The van der Waals surface area contributed by atoms with Gasteiger partial charge in [0, 0.05) is 12.0 Å². The quantitative estimate of drug-likeness (QED) is 0.827. The van der Waals surface area contributed by atoms with E-state index in [-0.39, 0.29) is 18.2 Å². The first kappa shape index (κ1) is 12.8. The summed E-state index contributed by atoms with van der Waals surface area (Å²) >= 11 is 0. The third-order valence-corrected chi connectivity index (χ3v) is 3.44. The van der Waals surface area contributed by atoms with Crippen LogP contribution < -0.4 is 5.32 Å². The summed E-state index contributed by atoms with van der Waals surface area (Å²) in [4.78, 5) is 23.1. The van der Waals surface area contributed by atoms with Gasteiger partial charge in [-0.2, -0.15) is 0 Å². The Morgan fingerprint density at radius 2 is 1.89 bits per heavy atom. The van der Waals surface area contributed by atoms with Gasteiger partial charge in [0.1, 0.15) is 0 Å². The van der Waals surface area contributed by atoms with E-state index in [1.54, 1.807) is 6.92 Å². The molecule has 0 bridgehead atoms. The Balaban J connectivity index is 2.04. The lowest BCUT2D eigenvalue weighted by atomic mass is 9.90. The predicted molar refractivity (Wildman–Crippen MR) is 70.7 cm³/mol. The van der Waals surface area contributed by atoms with Crippen LogP contribution in [-0.4, -0.2) is 18.2 Å². The van der Waals surface area contributed by atoms with Crippen LogP contribution >= 0.6 is 0 Å². The van der Waals surface area contributed by atoms with Crippen LogP contribution in [0.3, 0.4) is 0 Å². The van der Waals surface area contributed by atoms with E-state index >= 15 is 0 Å². The largest absolute Gasteiger partial charge is 0.349 e. The first-order valence-electron chi connectivity index (χ1n) is 6.62. The minimum atomic E-state index is -0.0821. The number of amides is 1. The lowest BCUT2D eigenvalue weighted by Gasteiger charge is -2.16.